The van der Waals surface area contributed by atoms with Crippen molar-refractivity contribution in [1.82, 2.24) is 9.80 Å². The van der Waals surface area contributed by atoms with E-state index in [9.17, 15) is 19.8 Å². The summed E-state index contributed by atoms with van der Waals surface area (Å²) >= 11 is 0. The maximum absolute atomic E-state index is 14.0. The van der Waals surface area contributed by atoms with Gasteiger partial charge in [0.15, 0.2) is 0 Å². The fourth-order valence-corrected chi connectivity index (χ4v) is 6.49. The van der Waals surface area contributed by atoms with Crippen LogP contribution in [-0.4, -0.2) is 87.6 Å². The molecule has 4 aliphatic heterocycles. The Morgan fingerprint density at radius 2 is 2.06 bits per heavy atom. The molecule has 196 valence electrons. The Morgan fingerprint density at radius 1 is 1.31 bits per heavy atom. The zero-order chi connectivity index (χ0) is 26.0. The summed E-state index contributed by atoms with van der Waals surface area (Å²) in [5.41, 5.74) is -0.582. The number of benzene rings is 1. The summed E-state index contributed by atoms with van der Waals surface area (Å²) in [5.74, 6) is -0.535. The number of nitrogens with one attached hydrogen (secondary N) is 1. The van der Waals surface area contributed by atoms with Crippen molar-refractivity contribution in [2.75, 3.05) is 25.6 Å². The predicted octanol–water partition coefficient (Wildman–Crippen LogP) is 1.99. The lowest BCUT2D eigenvalue weighted by Crippen LogP contribution is -2.82. The second-order valence-electron chi connectivity index (χ2n) is 11.4. The molecule has 4 heterocycles. The van der Waals surface area contributed by atoms with Gasteiger partial charge >= 0.3 is 0 Å². The number of hydrogen-bond donors (Lipinski definition) is 3. The second-order valence-corrected chi connectivity index (χ2v) is 11.4. The van der Waals surface area contributed by atoms with E-state index in [0.29, 0.717) is 25.1 Å². The van der Waals surface area contributed by atoms with Crippen LogP contribution in [-0.2, 0) is 14.3 Å². The smallest absolute Gasteiger partial charge is 0.279 e. The highest BCUT2D eigenvalue weighted by Gasteiger charge is 2.70. The lowest BCUT2D eigenvalue weighted by atomic mass is 9.71. The molecule has 0 radical (unpaired) electrons. The third-order valence-electron chi connectivity index (χ3n) is 7.99. The standard InChI is InChI=1S/C27H37N3O6/c1-15(2)10-12-36-23-21-17-9-8-16(35-5)13-18(17)28-22(21)20(14-26(3,4)33)30-24(31)19-7-6-11-29(19)25(32)27(23,30)34/h8-10,13,19-23,28,33-34H,6-7,11-12,14H2,1-5H3. The lowest BCUT2D eigenvalue weighted by molar-refractivity contribution is -0.250. The topological polar surface area (TPSA) is 112 Å². The molecular formula is C27H37N3O6. The monoisotopic (exact) mass is 499 g/mol. The summed E-state index contributed by atoms with van der Waals surface area (Å²) in [6.07, 6.45) is 2.35. The molecule has 0 bridgehead atoms. The Kier molecular flexibility index (Phi) is 6.08. The van der Waals surface area contributed by atoms with Crippen molar-refractivity contribution in [1.29, 1.82) is 0 Å². The zero-order valence-corrected chi connectivity index (χ0v) is 21.7. The molecule has 3 saturated heterocycles. The highest BCUT2D eigenvalue weighted by molar-refractivity contribution is 6.00. The SMILES string of the molecule is COc1ccc2c(c1)NC1C2C(OCC=C(C)C)C2(O)C(=O)N3CCCC3C(=O)N2C1CC(C)(C)O. The van der Waals surface area contributed by atoms with Gasteiger partial charge < -0.3 is 29.9 Å². The number of carbonyl (C=O) groups excluding carboxylic acids is 2. The van der Waals surface area contributed by atoms with Crippen molar-refractivity contribution in [3.05, 3.63) is 35.4 Å². The van der Waals surface area contributed by atoms with Crippen LogP contribution in [0.5, 0.6) is 5.75 Å². The van der Waals surface area contributed by atoms with Crippen molar-refractivity contribution >= 4 is 17.5 Å². The molecule has 3 N–H and O–H groups in total. The summed E-state index contributed by atoms with van der Waals surface area (Å²) in [6, 6.07) is 4.05. The number of rotatable bonds is 6. The average molecular weight is 500 g/mol. The lowest BCUT2D eigenvalue weighted by Gasteiger charge is -2.59. The first-order chi connectivity index (χ1) is 17.0. The van der Waals surface area contributed by atoms with Gasteiger partial charge in [0.05, 0.1) is 31.4 Å². The second kappa shape index (κ2) is 8.75. The van der Waals surface area contributed by atoms with Crippen LogP contribution in [0.2, 0.25) is 0 Å². The molecule has 2 amide bonds. The Hall–Kier alpha value is -2.62. The van der Waals surface area contributed by atoms with E-state index in [2.05, 4.69) is 5.32 Å². The first-order valence-electron chi connectivity index (χ1n) is 12.8. The van der Waals surface area contributed by atoms with Gasteiger partial charge in [-0.15, -0.1) is 0 Å². The molecule has 3 fully saturated rings. The first kappa shape index (κ1) is 25.0. The Morgan fingerprint density at radius 3 is 2.72 bits per heavy atom. The van der Waals surface area contributed by atoms with Gasteiger partial charge in [0.25, 0.3) is 5.91 Å². The molecule has 0 saturated carbocycles. The number of piperazine rings is 1. The number of hydrogen-bond acceptors (Lipinski definition) is 7. The third kappa shape index (κ3) is 3.79. The van der Waals surface area contributed by atoms with Gasteiger partial charge in [0.1, 0.15) is 17.9 Å². The highest BCUT2D eigenvalue weighted by atomic mass is 16.5. The van der Waals surface area contributed by atoms with Crippen LogP contribution in [0, 0.1) is 0 Å². The minimum Gasteiger partial charge on any atom is -0.497 e. The molecular weight excluding hydrogens is 462 g/mol. The largest absolute Gasteiger partial charge is 0.497 e. The molecule has 9 nitrogen and oxygen atoms in total. The Bertz CT molecular complexity index is 1090. The van der Waals surface area contributed by atoms with Gasteiger partial charge in [-0.1, -0.05) is 17.7 Å². The van der Waals surface area contributed by atoms with E-state index in [-0.39, 0.29) is 25.0 Å². The summed E-state index contributed by atoms with van der Waals surface area (Å²) in [5, 5.41) is 26.8. The fourth-order valence-electron chi connectivity index (χ4n) is 6.49. The molecule has 1 aromatic carbocycles. The molecule has 6 unspecified atom stereocenters. The highest BCUT2D eigenvalue weighted by Crippen LogP contribution is 2.53. The van der Waals surface area contributed by atoms with Crippen molar-refractivity contribution in [3.63, 3.8) is 0 Å². The van der Waals surface area contributed by atoms with Crippen LogP contribution in [0.4, 0.5) is 5.69 Å². The number of allylic oxidation sites excluding steroid dienone is 1. The Labute approximate surface area is 212 Å². The van der Waals surface area contributed by atoms with E-state index in [1.165, 1.54) is 9.80 Å². The predicted molar refractivity (Wildman–Crippen MR) is 134 cm³/mol. The third-order valence-corrected chi connectivity index (χ3v) is 7.99. The molecule has 0 spiro atoms. The van der Waals surface area contributed by atoms with Crippen LogP contribution < -0.4 is 10.1 Å². The maximum Gasteiger partial charge on any atom is 0.279 e. The van der Waals surface area contributed by atoms with E-state index in [0.717, 1.165) is 16.8 Å². The van der Waals surface area contributed by atoms with Crippen LogP contribution in [0.1, 0.15) is 58.4 Å². The van der Waals surface area contributed by atoms with Gasteiger partial charge in [-0.05, 0) is 58.6 Å². The number of carbonyl (C=O) groups is 2. The normalized spacial score (nSPS) is 32.9. The number of anilines is 1. The molecule has 6 atom stereocenters. The molecule has 0 aliphatic carbocycles. The van der Waals surface area contributed by atoms with E-state index in [4.69, 9.17) is 9.47 Å². The van der Waals surface area contributed by atoms with Crippen LogP contribution >= 0.6 is 0 Å². The number of fused-ring (bicyclic) bond motifs is 5. The van der Waals surface area contributed by atoms with E-state index in [1.54, 1.807) is 21.0 Å². The number of nitrogens with zero attached hydrogens (tertiary/aromatic N) is 2. The number of ether oxygens (including phenoxy) is 2. The van der Waals surface area contributed by atoms with Crippen molar-refractivity contribution < 1.29 is 29.3 Å². The molecule has 0 aromatic heterocycles. The molecule has 9 heteroatoms. The molecule has 4 aliphatic rings. The van der Waals surface area contributed by atoms with E-state index >= 15 is 0 Å². The van der Waals surface area contributed by atoms with Gasteiger partial charge in [0, 0.05) is 24.2 Å². The van der Waals surface area contributed by atoms with Crippen LogP contribution in [0.15, 0.2) is 29.8 Å². The number of methoxy groups -OCH3 is 1. The Balaban J connectivity index is 1.68. The summed E-state index contributed by atoms with van der Waals surface area (Å²) in [7, 11) is 1.60. The quantitative estimate of drug-likeness (QED) is 0.513. The van der Waals surface area contributed by atoms with E-state index < -0.39 is 41.3 Å². The van der Waals surface area contributed by atoms with Gasteiger partial charge in [-0.2, -0.15) is 0 Å². The van der Waals surface area contributed by atoms with Gasteiger partial charge in [0.2, 0.25) is 11.6 Å². The van der Waals surface area contributed by atoms with Crippen LogP contribution in [0.25, 0.3) is 0 Å². The van der Waals surface area contributed by atoms with Crippen LogP contribution in [0.3, 0.4) is 0 Å². The number of amides is 2. The summed E-state index contributed by atoms with van der Waals surface area (Å²) in [4.78, 5) is 30.8. The van der Waals surface area contributed by atoms with Gasteiger partial charge in [-0.3, -0.25) is 14.5 Å². The fraction of sp³-hybridized carbons (Fsp3) is 0.630. The van der Waals surface area contributed by atoms with E-state index in [1.807, 2.05) is 38.1 Å². The minimum absolute atomic E-state index is 0.182. The molecule has 36 heavy (non-hydrogen) atoms. The summed E-state index contributed by atoms with van der Waals surface area (Å²) in [6.45, 7) is 7.90. The molecule has 1 aromatic rings. The minimum atomic E-state index is -2.19. The first-order valence-corrected chi connectivity index (χ1v) is 12.8. The maximum atomic E-state index is 14.0. The van der Waals surface area contributed by atoms with Gasteiger partial charge in [-0.25, -0.2) is 0 Å². The summed E-state index contributed by atoms with van der Waals surface area (Å²) < 4.78 is 11.8. The average Bonchev–Trinajstić information content (AvgIpc) is 3.43. The van der Waals surface area contributed by atoms with Crippen molar-refractivity contribution in [2.24, 2.45) is 0 Å². The number of piperidine rings is 1. The van der Waals surface area contributed by atoms with Crippen molar-refractivity contribution in [3.8, 4) is 5.75 Å². The van der Waals surface area contributed by atoms with Crippen molar-refractivity contribution in [2.45, 2.75) is 88.4 Å². The zero-order valence-electron chi connectivity index (χ0n) is 21.7. The molecule has 5 rings (SSSR count). The number of aliphatic hydroxyl groups is 2.